The minimum Gasteiger partial charge on any atom is -0.361 e. The van der Waals surface area contributed by atoms with Crippen molar-refractivity contribution in [2.75, 3.05) is 0 Å². The highest BCUT2D eigenvalue weighted by molar-refractivity contribution is 7.95. The average molecular weight is 495 g/mol. The van der Waals surface area contributed by atoms with Crippen LogP contribution >= 0.6 is 0 Å². The summed E-state index contributed by atoms with van der Waals surface area (Å²) in [7, 11) is -10.1. The van der Waals surface area contributed by atoms with Gasteiger partial charge >= 0.3 is 20.8 Å². The van der Waals surface area contributed by atoms with Crippen LogP contribution in [0, 0.1) is 40.4 Å². The molecule has 1 spiro atoms. The first-order chi connectivity index (χ1) is 14.7. The molecular formula is C21H34O9S2. The molecule has 11 heteroatoms. The third kappa shape index (κ3) is 2.91. The normalized spacial score (nSPS) is 50.2. The molecular weight excluding hydrogens is 460 g/mol. The van der Waals surface area contributed by atoms with Crippen molar-refractivity contribution in [2.45, 2.75) is 90.1 Å². The molecule has 0 aromatic carbocycles. The molecule has 5 aliphatic rings. The lowest BCUT2D eigenvalue weighted by atomic mass is 9.42. The number of hydrogen-bond acceptors (Lipinski definition) is 9. The fourth-order valence-electron chi connectivity index (χ4n) is 8.82. The fourth-order valence-corrected chi connectivity index (χ4v) is 11.0. The molecule has 0 aromatic heterocycles. The summed E-state index contributed by atoms with van der Waals surface area (Å²) in [5, 5.41) is 23.3. The molecule has 32 heavy (non-hydrogen) atoms. The first-order valence-corrected chi connectivity index (χ1v) is 14.4. The standard InChI is InChI=1S/C21H34O9S2/c1-4-13-6-8-16-15-7-5-14-9-12-20(28-31(24,25)30-32(26,27)29-20)21(22,23)19(14,3)17(15)10-11-18(13,16)2/h13-17,22-23H,4-12H2,1-3H3/t13-,14-,15-,16-,17-,18+,19-/m0/s1. The van der Waals surface area contributed by atoms with Gasteiger partial charge in [0, 0.05) is 11.8 Å². The predicted molar refractivity (Wildman–Crippen MR) is 112 cm³/mol. The molecule has 4 saturated carbocycles. The van der Waals surface area contributed by atoms with E-state index >= 15 is 0 Å². The molecule has 4 aliphatic carbocycles. The Balaban J connectivity index is 1.57. The number of aliphatic hydroxyl groups is 2. The zero-order valence-corrected chi connectivity index (χ0v) is 20.5. The average Bonchev–Trinajstić information content (AvgIpc) is 3.00. The quantitative estimate of drug-likeness (QED) is 0.527. The van der Waals surface area contributed by atoms with Gasteiger partial charge in [-0.25, -0.2) is 8.37 Å². The van der Waals surface area contributed by atoms with Crippen LogP contribution in [-0.2, 0) is 32.8 Å². The molecule has 9 nitrogen and oxygen atoms in total. The first kappa shape index (κ1) is 23.4. The van der Waals surface area contributed by atoms with E-state index in [0.717, 1.165) is 38.5 Å². The lowest BCUT2D eigenvalue weighted by molar-refractivity contribution is -0.422. The van der Waals surface area contributed by atoms with Crippen LogP contribution in [0.15, 0.2) is 0 Å². The summed E-state index contributed by atoms with van der Waals surface area (Å²) in [5.74, 6) is -4.34. The molecule has 7 atom stereocenters. The van der Waals surface area contributed by atoms with Gasteiger partial charge in [-0.3, -0.25) is 0 Å². The van der Waals surface area contributed by atoms with Crippen LogP contribution in [0.1, 0.15) is 78.6 Å². The Hall–Kier alpha value is -0.300. The minimum absolute atomic E-state index is 0.109. The lowest BCUT2D eigenvalue weighted by Crippen LogP contribution is -2.75. The zero-order valence-electron chi connectivity index (χ0n) is 18.8. The van der Waals surface area contributed by atoms with Gasteiger partial charge in [0.15, 0.2) is 0 Å². The summed E-state index contributed by atoms with van der Waals surface area (Å²) >= 11 is 0. The van der Waals surface area contributed by atoms with Gasteiger partial charge in [-0.1, -0.05) is 27.2 Å². The molecule has 0 unspecified atom stereocenters. The van der Waals surface area contributed by atoms with Crippen LogP contribution in [-0.4, -0.2) is 38.6 Å². The Bertz CT molecular complexity index is 972. The van der Waals surface area contributed by atoms with Crippen molar-refractivity contribution in [1.82, 2.24) is 0 Å². The third-order valence-electron chi connectivity index (χ3n) is 10.3. The predicted octanol–water partition coefficient (Wildman–Crippen LogP) is 2.60. The van der Waals surface area contributed by atoms with Crippen LogP contribution in [0.3, 0.4) is 0 Å². The largest absolute Gasteiger partial charge is 0.419 e. The monoisotopic (exact) mass is 494 g/mol. The molecule has 0 bridgehead atoms. The van der Waals surface area contributed by atoms with Crippen molar-refractivity contribution in [2.24, 2.45) is 40.4 Å². The smallest absolute Gasteiger partial charge is 0.361 e. The van der Waals surface area contributed by atoms with Gasteiger partial charge in [-0.05, 0) is 80.0 Å². The second-order valence-electron chi connectivity index (χ2n) is 11.2. The maximum absolute atomic E-state index is 12.1. The van der Waals surface area contributed by atoms with Gasteiger partial charge in [0.1, 0.15) is 0 Å². The summed E-state index contributed by atoms with van der Waals surface area (Å²) in [5.41, 5.74) is -0.973. The van der Waals surface area contributed by atoms with E-state index in [1.54, 1.807) is 6.92 Å². The third-order valence-corrected chi connectivity index (χ3v) is 12.6. The van der Waals surface area contributed by atoms with E-state index < -0.39 is 37.8 Å². The Morgan fingerprint density at radius 1 is 0.844 bits per heavy atom. The van der Waals surface area contributed by atoms with Crippen LogP contribution in [0.25, 0.3) is 0 Å². The van der Waals surface area contributed by atoms with Crippen LogP contribution in [0.5, 0.6) is 0 Å². The Morgan fingerprint density at radius 2 is 1.50 bits per heavy atom. The van der Waals surface area contributed by atoms with Crippen molar-refractivity contribution < 1.29 is 39.0 Å². The van der Waals surface area contributed by atoms with Gasteiger partial charge in [0.25, 0.3) is 5.79 Å². The Morgan fingerprint density at radius 3 is 2.12 bits per heavy atom. The molecule has 1 aliphatic heterocycles. The van der Waals surface area contributed by atoms with Crippen LogP contribution in [0.2, 0.25) is 0 Å². The van der Waals surface area contributed by atoms with Gasteiger partial charge in [0.2, 0.25) is 5.79 Å². The van der Waals surface area contributed by atoms with Crippen LogP contribution in [0.4, 0.5) is 0 Å². The van der Waals surface area contributed by atoms with Gasteiger partial charge in [-0.2, -0.15) is 16.8 Å². The highest BCUT2D eigenvalue weighted by atomic mass is 32.3. The maximum Gasteiger partial charge on any atom is 0.419 e. The summed E-state index contributed by atoms with van der Waals surface area (Å²) in [6.45, 7) is 6.37. The summed E-state index contributed by atoms with van der Waals surface area (Å²) in [6.07, 6.45) is 7.01. The van der Waals surface area contributed by atoms with Gasteiger partial charge < -0.3 is 10.2 Å². The number of hydrogen-bond donors (Lipinski definition) is 2. The molecule has 184 valence electrons. The molecule has 0 aromatic rings. The summed E-state index contributed by atoms with van der Waals surface area (Å²) < 4.78 is 62.2. The molecule has 0 amide bonds. The topological polar surface area (TPSA) is 136 Å². The van der Waals surface area contributed by atoms with E-state index in [1.807, 2.05) is 0 Å². The molecule has 2 N–H and O–H groups in total. The highest BCUT2D eigenvalue weighted by Gasteiger charge is 2.76. The molecule has 0 radical (unpaired) electrons. The van der Waals surface area contributed by atoms with Crippen molar-refractivity contribution in [3.63, 3.8) is 0 Å². The van der Waals surface area contributed by atoms with Gasteiger partial charge in [-0.15, -0.1) is 3.63 Å². The van der Waals surface area contributed by atoms with E-state index in [-0.39, 0.29) is 29.6 Å². The Kier molecular flexibility index (Phi) is 5.05. The first-order valence-electron chi connectivity index (χ1n) is 11.8. The molecule has 5 fully saturated rings. The van der Waals surface area contributed by atoms with E-state index in [4.69, 9.17) is 8.37 Å². The van der Waals surface area contributed by atoms with Crippen molar-refractivity contribution in [3.8, 4) is 0 Å². The lowest BCUT2D eigenvalue weighted by Gasteiger charge is -2.66. The van der Waals surface area contributed by atoms with Crippen molar-refractivity contribution in [3.05, 3.63) is 0 Å². The second-order valence-corrected chi connectivity index (χ2v) is 13.7. The summed E-state index contributed by atoms with van der Waals surface area (Å²) in [4.78, 5) is 0. The van der Waals surface area contributed by atoms with Crippen molar-refractivity contribution in [1.29, 1.82) is 0 Å². The number of rotatable bonds is 1. The maximum atomic E-state index is 12.1. The minimum atomic E-state index is -5.03. The van der Waals surface area contributed by atoms with E-state index in [9.17, 15) is 27.0 Å². The van der Waals surface area contributed by atoms with E-state index in [1.165, 1.54) is 6.42 Å². The fraction of sp³-hybridized carbons (Fsp3) is 1.00. The van der Waals surface area contributed by atoms with Crippen LogP contribution < -0.4 is 0 Å². The summed E-state index contributed by atoms with van der Waals surface area (Å²) in [6, 6.07) is 0. The molecule has 1 heterocycles. The van der Waals surface area contributed by atoms with E-state index in [2.05, 4.69) is 17.5 Å². The zero-order chi connectivity index (χ0) is 23.4. The van der Waals surface area contributed by atoms with Crippen molar-refractivity contribution >= 4 is 20.8 Å². The van der Waals surface area contributed by atoms with Gasteiger partial charge in [0.05, 0.1) is 0 Å². The Labute approximate surface area is 190 Å². The molecule has 5 rings (SSSR count). The highest BCUT2D eigenvalue weighted by Crippen LogP contribution is 2.70. The second kappa shape index (κ2) is 6.89. The number of fused-ring (bicyclic) bond motifs is 5. The SMILES string of the molecule is CC[C@H]1CC[C@H]2[C@@H]3CC[C@H]4CCC5(OS(=O)(=O)OS(=O)(=O)O5)C(O)(O)[C@]4(C)[C@H]3CC[C@]12C. The van der Waals surface area contributed by atoms with E-state index in [0.29, 0.717) is 18.3 Å². The molecule has 1 saturated heterocycles.